The second kappa shape index (κ2) is 10.4. The average Bonchev–Trinajstić information content (AvgIpc) is 3.06. The van der Waals surface area contributed by atoms with Crippen molar-refractivity contribution in [3.63, 3.8) is 0 Å². The Morgan fingerprint density at radius 2 is 1.96 bits per heavy atom. The summed E-state index contributed by atoms with van der Waals surface area (Å²) >= 11 is 3.99. The Morgan fingerprint density at radius 3 is 2.50 bits per heavy atom. The smallest absolute Gasteiger partial charge is 0.322 e. The zero-order valence-electron chi connectivity index (χ0n) is 15.1. The van der Waals surface area contributed by atoms with Crippen LogP contribution in [0.2, 0.25) is 0 Å². The zero-order chi connectivity index (χ0) is 19.9. The van der Waals surface area contributed by atoms with Crippen LogP contribution in [0.25, 0.3) is 0 Å². The summed E-state index contributed by atoms with van der Waals surface area (Å²) in [5.41, 5.74) is 5.66. The summed E-state index contributed by atoms with van der Waals surface area (Å²) in [6, 6.07) is -2.35. The minimum atomic E-state index is -1.15. The van der Waals surface area contributed by atoms with Crippen LogP contribution >= 0.6 is 12.6 Å². The number of carbonyl (C=O) groups excluding carboxylic acids is 3. The fourth-order valence-corrected chi connectivity index (χ4v) is 3.00. The maximum absolute atomic E-state index is 12.9. The third-order valence-electron chi connectivity index (χ3n) is 4.11. The molecular formula is C16H28N4O5S. The number of carbonyl (C=O) groups is 4. The molecule has 1 aliphatic rings. The molecule has 3 unspecified atom stereocenters. The van der Waals surface area contributed by atoms with Gasteiger partial charge in [0.2, 0.25) is 17.7 Å². The van der Waals surface area contributed by atoms with Gasteiger partial charge >= 0.3 is 5.97 Å². The number of carboxylic acid groups (broad SMARTS) is 1. The molecule has 0 radical (unpaired) electrons. The van der Waals surface area contributed by atoms with Crippen LogP contribution in [0.1, 0.15) is 33.1 Å². The molecule has 1 fully saturated rings. The first-order chi connectivity index (χ1) is 12.2. The van der Waals surface area contributed by atoms with E-state index in [-0.39, 0.29) is 17.6 Å². The van der Waals surface area contributed by atoms with E-state index in [1.54, 1.807) is 0 Å². The van der Waals surface area contributed by atoms with Crippen LogP contribution in [0.15, 0.2) is 0 Å². The van der Waals surface area contributed by atoms with Gasteiger partial charge in [-0.3, -0.25) is 19.2 Å². The van der Waals surface area contributed by atoms with Crippen molar-refractivity contribution >= 4 is 36.3 Å². The molecule has 1 heterocycles. The van der Waals surface area contributed by atoms with Gasteiger partial charge in [0, 0.05) is 12.3 Å². The summed E-state index contributed by atoms with van der Waals surface area (Å²) in [5.74, 6) is -2.19. The van der Waals surface area contributed by atoms with E-state index in [4.69, 9.17) is 10.8 Å². The van der Waals surface area contributed by atoms with Crippen LogP contribution in [-0.4, -0.2) is 70.7 Å². The van der Waals surface area contributed by atoms with Gasteiger partial charge in [-0.25, -0.2) is 0 Å². The molecule has 9 nitrogen and oxygen atoms in total. The highest BCUT2D eigenvalue weighted by Gasteiger charge is 2.38. The molecule has 0 aromatic rings. The van der Waals surface area contributed by atoms with Gasteiger partial charge in [-0.2, -0.15) is 12.6 Å². The molecular weight excluding hydrogens is 360 g/mol. The molecule has 10 heteroatoms. The van der Waals surface area contributed by atoms with E-state index in [0.29, 0.717) is 25.8 Å². The summed E-state index contributed by atoms with van der Waals surface area (Å²) < 4.78 is 0. The first kappa shape index (κ1) is 22.2. The molecule has 3 atom stereocenters. The number of amides is 3. The summed E-state index contributed by atoms with van der Waals surface area (Å²) in [6.07, 6.45) is 1.49. The second-order valence-electron chi connectivity index (χ2n) is 6.78. The van der Waals surface area contributed by atoms with E-state index in [2.05, 4.69) is 23.3 Å². The Hall–Kier alpha value is -1.81. The van der Waals surface area contributed by atoms with E-state index in [1.165, 1.54) is 4.90 Å². The molecule has 1 rings (SSSR count). The van der Waals surface area contributed by atoms with Crippen LogP contribution in [0, 0.1) is 5.92 Å². The fourth-order valence-electron chi connectivity index (χ4n) is 2.84. The fraction of sp³-hybridized carbons (Fsp3) is 0.750. The predicted molar refractivity (Wildman–Crippen MR) is 98.6 cm³/mol. The highest BCUT2D eigenvalue weighted by atomic mass is 32.1. The molecule has 1 saturated heterocycles. The number of nitrogens with one attached hydrogen (secondary N) is 2. The van der Waals surface area contributed by atoms with Crippen molar-refractivity contribution in [3.8, 4) is 0 Å². The third kappa shape index (κ3) is 6.49. The Kier molecular flexibility index (Phi) is 8.86. The highest BCUT2D eigenvalue weighted by Crippen LogP contribution is 2.20. The topological polar surface area (TPSA) is 142 Å². The van der Waals surface area contributed by atoms with Gasteiger partial charge in [0.25, 0.3) is 0 Å². The lowest BCUT2D eigenvalue weighted by molar-refractivity contribution is -0.143. The van der Waals surface area contributed by atoms with Crippen LogP contribution in [0.4, 0.5) is 0 Å². The number of thiol groups is 1. The summed E-state index contributed by atoms with van der Waals surface area (Å²) in [5, 5.41) is 13.6. The van der Waals surface area contributed by atoms with Gasteiger partial charge in [-0.1, -0.05) is 13.8 Å². The van der Waals surface area contributed by atoms with Crippen LogP contribution in [-0.2, 0) is 19.2 Å². The van der Waals surface area contributed by atoms with Crippen molar-refractivity contribution < 1.29 is 24.3 Å². The summed E-state index contributed by atoms with van der Waals surface area (Å²) in [7, 11) is 0. The molecule has 0 aromatic carbocycles. The van der Waals surface area contributed by atoms with Crippen LogP contribution in [0.5, 0.6) is 0 Å². The SMILES string of the molecule is CC(C)CC(NC(=O)C(N)CS)C(=O)N1CCCC1C(=O)NCC(=O)O. The number of aliphatic carboxylic acids is 1. The maximum atomic E-state index is 12.9. The van der Waals surface area contributed by atoms with Crippen molar-refractivity contribution in [1.29, 1.82) is 0 Å². The maximum Gasteiger partial charge on any atom is 0.322 e. The van der Waals surface area contributed by atoms with Gasteiger partial charge in [-0.05, 0) is 25.2 Å². The zero-order valence-corrected chi connectivity index (χ0v) is 16.0. The van der Waals surface area contributed by atoms with Gasteiger partial charge in [0.1, 0.15) is 18.6 Å². The molecule has 0 aliphatic carbocycles. The predicted octanol–water partition coefficient (Wildman–Crippen LogP) is -1.03. The molecule has 0 spiro atoms. The van der Waals surface area contributed by atoms with Crippen molar-refractivity contribution in [2.75, 3.05) is 18.8 Å². The van der Waals surface area contributed by atoms with E-state index in [0.717, 1.165) is 0 Å². The molecule has 0 aromatic heterocycles. The Labute approximate surface area is 158 Å². The number of carboxylic acids is 1. The summed E-state index contributed by atoms with van der Waals surface area (Å²) in [6.45, 7) is 3.73. The first-order valence-corrected chi connectivity index (χ1v) is 9.27. The highest BCUT2D eigenvalue weighted by molar-refractivity contribution is 7.80. The van der Waals surface area contributed by atoms with Crippen molar-refractivity contribution in [1.82, 2.24) is 15.5 Å². The lowest BCUT2D eigenvalue weighted by Crippen LogP contribution is -2.56. The molecule has 0 bridgehead atoms. The monoisotopic (exact) mass is 388 g/mol. The number of likely N-dealkylation sites (tertiary alicyclic amines) is 1. The lowest BCUT2D eigenvalue weighted by Gasteiger charge is -2.30. The van der Waals surface area contributed by atoms with Crippen molar-refractivity contribution in [3.05, 3.63) is 0 Å². The lowest BCUT2D eigenvalue weighted by atomic mass is 10.0. The number of rotatable bonds is 9. The molecule has 148 valence electrons. The van der Waals surface area contributed by atoms with Gasteiger partial charge in [0.15, 0.2) is 0 Å². The minimum Gasteiger partial charge on any atom is -0.480 e. The molecule has 5 N–H and O–H groups in total. The minimum absolute atomic E-state index is 0.137. The number of nitrogens with zero attached hydrogens (tertiary/aromatic N) is 1. The van der Waals surface area contributed by atoms with Crippen LogP contribution < -0.4 is 16.4 Å². The molecule has 3 amide bonds. The van der Waals surface area contributed by atoms with Crippen molar-refractivity contribution in [2.24, 2.45) is 11.7 Å². The van der Waals surface area contributed by atoms with E-state index in [9.17, 15) is 19.2 Å². The number of hydrogen-bond donors (Lipinski definition) is 5. The molecule has 1 aliphatic heterocycles. The number of nitrogens with two attached hydrogens (primary N) is 1. The number of hydrogen-bond acceptors (Lipinski definition) is 6. The van der Waals surface area contributed by atoms with Gasteiger partial charge in [0.05, 0.1) is 6.04 Å². The average molecular weight is 388 g/mol. The quantitative estimate of drug-likeness (QED) is 0.320. The van der Waals surface area contributed by atoms with Gasteiger partial charge in [-0.15, -0.1) is 0 Å². The second-order valence-corrected chi connectivity index (χ2v) is 7.15. The van der Waals surface area contributed by atoms with Gasteiger partial charge < -0.3 is 26.4 Å². The summed E-state index contributed by atoms with van der Waals surface area (Å²) in [4.78, 5) is 49.2. The van der Waals surface area contributed by atoms with E-state index < -0.39 is 42.5 Å². The Morgan fingerprint density at radius 1 is 1.31 bits per heavy atom. The largest absolute Gasteiger partial charge is 0.480 e. The standard InChI is InChI=1S/C16H28N4O5S/c1-9(2)6-11(19-14(23)10(17)8-26)16(25)20-5-3-4-12(20)15(24)18-7-13(21)22/h9-12,26H,3-8,17H2,1-2H3,(H,18,24)(H,19,23)(H,21,22). The molecule has 0 saturated carbocycles. The van der Waals surface area contributed by atoms with Crippen molar-refractivity contribution in [2.45, 2.75) is 51.2 Å². The normalized spacial score (nSPS) is 19.1. The Balaban J connectivity index is 2.85. The Bertz CT molecular complexity index is 543. The van der Waals surface area contributed by atoms with E-state index in [1.807, 2.05) is 13.8 Å². The molecule has 26 heavy (non-hydrogen) atoms. The first-order valence-electron chi connectivity index (χ1n) is 8.64. The van der Waals surface area contributed by atoms with Crippen LogP contribution in [0.3, 0.4) is 0 Å². The third-order valence-corrected chi connectivity index (χ3v) is 4.50. The van der Waals surface area contributed by atoms with E-state index >= 15 is 0 Å².